The van der Waals surface area contributed by atoms with Crippen LogP contribution in [0.1, 0.15) is 22.8 Å². The van der Waals surface area contributed by atoms with Gasteiger partial charge in [0, 0.05) is 10.6 Å². The van der Waals surface area contributed by atoms with Gasteiger partial charge in [0.1, 0.15) is 0 Å². The number of thiocarbonyl (C=S) groups is 1. The molecule has 27 heavy (non-hydrogen) atoms. The Bertz CT molecular complexity index is 991. The predicted molar refractivity (Wildman–Crippen MR) is 106 cm³/mol. The van der Waals surface area contributed by atoms with E-state index in [9.17, 15) is 9.59 Å². The maximum Gasteiger partial charge on any atom is 0.282 e. The van der Waals surface area contributed by atoms with Crippen LogP contribution in [0.2, 0.25) is 5.02 Å². The van der Waals surface area contributed by atoms with E-state index in [0.717, 1.165) is 5.01 Å². The Morgan fingerprint density at radius 1 is 1.26 bits per heavy atom. The molecule has 0 saturated heterocycles. The van der Waals surface area contributed by atoms with E-state index in [0.29, 0.717) is 22.0 Å². The van der Waals surface area contributed by atoms with Gasteiger partial charge in [0.25, 0.3) is 5.91 Å². The minimum absolute atomic E-state index is 0.163. The van der Waals surface area contributed by atoms with Gasteiger partial charge < -0.3 is 5.73 Å². The zero-order chi connectivity index (χ0) is 19.6. The number of carbonyl (C=O) groups is 2. The molecule has 1 unspecified atom stereocenters. The number of amides is 1. The summed E-state index contributed by atoms with van der Waals surface area (Å²) in [4.78, 5) is 25.1. The van der Waals surface area contributed by atoms with Crippen LogP contribution in [0, 0.1) is 0 Å². The molecule has 3 rings (SSSR count). The summed E-state index contributed by atoms with van der Waals surface area (Å²) in [6.07, 6.45) is 0. The van der Waals surface area contributed by atoms with E-state index in [2.05, 4.69) is 15.3 Å². The van der Waals surface area contributed by atoms with Crippen molar-refractivity contribution in [2.24, 2.45) is 21.1 Å². The summed E-state index contributed by atoms with van der Waals surface area (Å²) in [6.45, 7) is 1.62. The molecule has 0 radical (unpaired) electrons. The van der Waals surface area contributed by atoms with Gasteiger partial charge in [-0.3, -0.25) is 9.59 Å². The molecule has 0 spiro atoms. The molecule has 0 saturated carbocycles. The second-order valence-electron chi connectivity index (χ2n) is 5.70. The average Bonchev–Trinajstić information content (AvgIpc) is 2.95. The Morgan fingerprint density at radius 3 is 2.59 bits per heavy atom. The van der Waals surface area contributed by atoms with E-state index in [1.165, 1.54) is 6.07 Å². The molecule has 0 aliphatic carbocycles. The fourth-order valence-corrected chi connectivity index (χ4v) is 2.79. The predicted octanol–water partition coefficient (Wildman–Crippen LogP) is 3.49. The topological polar surface area (TPSA) is 100 Å². The zero-order valence-electron chi connectivity index (χ0n) is 14.2. The maximum atomic E-state index is 12.8. The normalized spacial score (nSPS) is 16.7. The highest BCUT2D eigenvalue weighted by Crippen LogP contribution is 2.27. The second kappa shape index (κ2) is 7.73. The average molecular weight is 400 g/mol. The quantitative estimate of drug-likeness (QED) is 0.483. The van der Waals surface area contributed by atoms with Crippen LogP contribution in [0.25, 0.3) is 0 Å². The SMILES string of the molecule is CC1=NN(C(N)=S)C(=O)C1N=Nc1ccc(Cl)cc1C(=O)c1ccccc1. The third-order valence-corrected chi connectivity index (χ3v) is 4.23. The summed E-state index contributed by atoms with van der Waals surface area (Å²) in [5.74, 6) is -0.742. The first-order chi connectivity index (χ1) is 12.9. The summed E-state index contributed by atoms with van der Waals surface area (Å²) < 4.78 is 0. The first-order valence-corrected chi connectivity index (χ1v) is 8.65. The van der Waals surface area contributed by atoms with Crippen LogP contribution in [-0.4, -0.2) is 33.6 Å². The summed E-state index contributed by atoms with van der Waals surface area (Å²) in [6, 6.07) is 12.5. The molecule has 9 heteroatoms. The van der Waals surface area contributed by atoms with Crippen molar-refractivity contribution in [1.29, 1.82) is 0 Å². The number of hydrogen-bond acceptors (Lipinski definition) is 6. The van der Waals surface area contributed by atoms with Crippen molar-refractivity contribution in [1.82, 2.24) is 5.01 Å². The lowest BCUT2D eigenvalue weighted by atomic mass is 10.0. The fourth-order valence-electron chi connectivity index (χ4n) is 2.49. The van der Waals surface area contributed by atoms with Crippen molar-refractivity contribution in [2.75, 3.05) is 0 Å². The standard InChI is InChI=1S/C18H14ClN5O2S/c1-10-15(17(26)24(23-10)18(20)27)22-21-14-8-7-12(19)9-13(14)16(25)11-5-3-2-4-6-11/h2-9,15H,1H3,(H2,20,27). The van der Waals surface area contributed by atoms with Crippen molar-refractivity contribution in [2.45, 2.75) is 13.0 Å². The van der Waals surface area contributed by atoms with Crippen molar-refractivity contribution < 1.29 is 9.59 Å². The van der Waals surface area contributed by atoms with Crippen LogP contribution in [-0.2, 0) is 4.79 Å². The van der Waals surface area contributed by atoms with Gasteiger partial charge in [-0.05, 0) is 37.3 Å². The third-order valence-electron chi connectivity index (χ3n) is 3.83. The van der Waals surface area contributed by atoms with E-state index >= 15 is 0 Å². The lowest BCUT2D eigenvalue weighted by Crippen LogP contribution is -2.37. The van der Waals surface area contributed by atoms with Crippen LogP contribution < -0.4 is 5.73 Å². The number of nitrogens with zero attached hydrogens (tertiary/aromatic N) is 4. The van der Waals surface area contributed by atoms with Gasteiger partial charge in [-0.15, -0.1) is 0 Å². The lowest BCUT2D eigenvalue weighted by molar-refractivity contribution is -0.126. The van der Waals surface area contributed by atoms with E-state index in [1.54, 1.807) is 43.3 Å². The van der Waals surface area contributed by atoms with Crippen LogP contribution in [0.4, 0.5) is 5.69 Å². The molecule has 0 fully saturated rings. The number of nitrogens with two attached hydrogens (primary N) is 1. The molecule has 0 bridgehead atoms. The molecule has 1 amide bonds. The van der Waals surface area contributed by atoms with Crippen molar-refractivity contribution in [3.8, 4) is 0 Å². The molecule has 2 N–H and O–H groups in total. The fraction of sp³-hybridized carbons (Fsp3) is 0.111. The molecular weight excluding hydrogens is 386 g/mol. The largest absolute Gasteiger partial charge is 0.374 e. The molecular formula is C18H14ClN5O2S. The van der Waals surface area contributed by atoms with Crippen molar-refractivity contribution in [3.05, 3.63) is 64.7 Å². The number of rotatable bonds is 4. The zero-order valence-corrected chi connectivity index (χ0v) is 15.7. The van der Waals surface area contributed by atoms with Gasteiger partial charge in [0.05, 0.1) is 17.0 Å². The third kappa shape index (κ3) is 3.91. The van der Waals surface area contributed by atoms with E-state index in [1.807, 2.05) is 6.07 Å². The van der Waals surface area contributed by atoms with Crippen molar-refractivity contribution in [3.63, 3.8) is 0 Å². The van der Waals surface area contributed by atoms with Crippen molar-refractivity contribution >= 4 is 52.0 Å². The highest BCUT2D eigenvalue weighted by atomic mass is 35.5. The first-order valence-electron chi connectivity index (χ1n) is 7.87. The van der Waals surface area contributed by atoms with Gasteiger partial charge in [-0.25, -0.2) is 0 Å². The number of carbonyl (C=O) groups excluding carboxylic acids is 2. The van der Waals surface area contributed by atoms with E-state index in [4.69, 9.17) is 29.6 Å². The van der Waals surface area contributed by atoms with Crippen LogP contribution in [0.15, 0.2) is 63.9 Å². The Balaban J connectivity index is 1.93. The molecule has 2 aromatic rings. The number of hydrogen-bond donors (Lipinski definition) is 1. The molecule has 1 aliphatic rings. The smallest absolute Gasteiger partial charge is 0.282 e. The van der Waals surface area contributed by atoms with Gasteiger partial charge in [0.15, 0.2) is 16.9 Å². The first kappa shape index (κ1) is 18.8. The molecule has 1 aliphatic heterocycles. The minimum Gasteiger partial charge on any atom is -0.374 e. The molecule has 7 nitrogen and oxygen atoms in total. The summed E-state index contributed by atoms with van der Waals surface area (Å²) in [5.41, 5.74) is 6.93. The van der Waals surface area contributed by atoms with Crippen LogP contribution in [0.3, 0.4) is 0 Å². The molecule has 1 heterocycles. The van der Waals surface area contributed by atoms with E-state index < -0.39 is 11.9 Å². The molecule has 2 aromatic carbocycles. The highest BCUT2D eigenvalue weighted by molar-refractivity contribution is 7.80. The van der Waals surface area contributed by atoms with Gasteiger partial charge in [0.2, 0.25) is 0 Å². The van der Waals surface area contributed by atoms with Gasteiger partial charge in [-0.2, -0.15) is 20.3 Å². The Morgan fingerprint density at radius 2 is 1.96 bits per heavy atom. The Hall–Kier alpha value is -2.97. The summed E-state index contributed by atoms with van der Waals surface area (Å²) >= 11 is 10.8. The number of hydrazone groups is 1. The summed E-state index contributed by atoms with van der Waals surface area (Å²) in [5, 5.41) is 13.3. The number of ketones is 1. The second-order valence-corrected chi connectivity index (χ2v) is 6.56. The molecule has 1 atom stereocenters. The monoisotopic (exact) mass is 399 g/mol. The number of halogens is 1. The van der Waals surface area contributed by atoms with Crippen LogP contribution in [0.5, 0.6) is 0 Å². The maximum absolute atomic E-state index is 12.8. The Labute approximate surface area is 165 Å². The van der Waals surface area contributed by atoms with Gasteiger partial charge in [-0.1, -0.05) is 41.9 Å². The minimum atomic E-state index is -0.943. The van der Waals surface area contributed by atoms with Gasteiger partial charge >= 0.3 is 0 Å². The highest BCUT2D eigenvalue weighted by Gasteiger charge is 2.35. The number of benzene rings is 2. The molecule has 0 aromatic heterocycles. The number of azo groups is 1. The molecule has 136 valence electrons. The van der Waals surface area contributed by atoms with E-state index in [-0.39, 0.29) is 16.5 Å². The lowest BCUT2D eigenvalue weighted by Gasteiger charge is -2.09. The Kier molecular flexibility index (Phi) is 5.38. The van der Waals surface area contributed by atoms with Crippen LogP contribution >= 0.6 is 23.8 Å². The summed E-state index contributed by atoms with van der Waals surface area (Å²) in [7, 11) is 0.